The Morgan fingerprint density at radius 1 is 1.22 bits per heavy atom. The molecule has 1 saturated heterocycles. The summed E-state index contributed by atoms with van der Waals surface area (Å²) in [5.74, 6) is 2.07. The van der Waals surface area contributed by atoms with Crippen molar-refractivity contribution in [3.63, 3.8) is 0 Å². The third-order valence-corrected chi connectivity index (χ3v) is 6.55. The van der Waals surface area contributed by atoms with Crippen molar-refractivity contribution in [2.45, 2.75) is 24.1 Å². The fraction of sp³-hybridized carbons (Fsp3) is 0.350. The van der Waals surface area contributed by atoms with Crippen molar-refractivity contribution in [3.8, 4) is 0 Å². The molecule has 0 saturated carbocycles. The number of carbonyl (C=O) groups is 1. The molecule has 6 nitrogen and oxygen atoms in total. The summed E-state index contributed by atoms with van der Waals surface area (Å²) in [5, 5.41) is 7.93. The van der Waals surface area contributed by atoms with E-state index in [1.54, 1.807) is 22.5 Å². The first-order valence-electron chi connectivity index (χ1n) is 9.33. The lowest BCUT2D eigenvalue weighted by Gasteiger charge is -2.28. The first kappa shape index (κ1) is 16.6. The van der Waals surface area contributed by atoms with Gasteiger partial charge >= 0.3 is 0 Å². The maximum Gasteiger partial charge on any atom is 0.240 e. The van der Waals surface area contributed by atoms with E-state index in [-0.39, 0.29) is 17.2 Å². The molecule has 0 bridgehead atoms. The summed E-state index contributed by atoms with van der Waals surface area (Å²) in [6.07, 6.45) is 5.57. The number of imidazole rings is 1. The summed E-state index contributed by atoms with van der Waals surface area (Å²) < 4.78 is 1.76. The van der Waals surface area contributed by atoms with E-state index in [0.717, 1.165) is 43.1 Å². The van der Waals surface area contributed by atoms with Gasteiger partial charge in [0.05, 0.1) is 0 Å². The molecule has 7 heteroatoms. The highest BCUT2D eigenvalue weighted by atomic mass is 32.2. The number of anilines is 1. The highest BCUT2D eigenvalue weighted by Crippen LogP contribution is 2.38. The summed E-state index contributed by atoms with van der Waals surface area (Å²) in [6.45, 7) is 1.52. The molecular weight excluding hydrogens is 358 g/mol. The molecule has 5 rings (SSSR count). The molecule has 138 valence electrons. The van der Waals surface area contributed by atoms with Crippen LogP contribution in [0.3, 0.4) is 0 Å². The number of amides is 1. The number of benzene rings is 1. The molecule has 2 aliphatic rings. The predicted octanol–water partition coefficient (Wildman–Crippen LogP) is 2.77. The number of hydrogen-bond acceptors (Lipinski definition) is 5. The Hall–Kier alpha value is -2.54. The maximum absolute atomic E-state index is 13.2. The first-order valence-corrected chi connectivity index (χ1v) is 10.4. The van der Waals surface area contributed by atoms with E-state index in [4.69, 9.17) is 0 Å². The summed E-state index contributed by atoms with van der Waals surface area (Å²) in [6, 6.07) is 12.5. The summed E-state index contributed by atoms with van der Waals surface area (Å²) >= 11 is 1.77. The van der Waals surface area contributed by atoms with Crippen molar-refractivity contribution >= 4 is 29.1 Å². The minimum atomic E-state index is -0.0610. The van der Waals surface area contributed by atoms with Crippen LogP contribution in [0.1, 0.15) is 22.8 Å². The highest BCUT2D eigenvalue weighted by molar-refractivity contribution is 8.00. The summed E-state index contributed by atoms with van der Waals surface area (Å²) in [7, 11) is 0. The van der Waals surface area contributed by atoms with Gasteiger partial charge in [0.2, 0.25) is 5.91 Å². The SMILES string of the molecule is O=C(C1SCCc2ccccc21)N1CCC(Nc2ccc3nccn3n2)C1. The molecule has 0 spiro atoms. The van der Waals surface area contributed by atoms with Crippen molar-refractivity contribution in [1.29, 1.82) is 0 Å². The van der Waals surface area contributed by atoms with Crippen LogP contribution in [0, 0.1) is 0 Å². The zero-order valence-corrected chi connectivity index (χ0v) is 15.7. The molecule has 1 amide bonds. The standard InChI is InChI=1S/C20H21N5OS/c26-20(19-16-4-2-1-3-14(16)8-12-27-19)24-10-7-15(13-24)22-17-5-6-18-21-9-11-25(18)23-17/h1-6,9,11,15,19H,7-8,10,12-13H2,(H,22,23). The Labute approximate surface area is 162 Å². The van der Waals surface area contributed by atoms with E-state index < -0.39 is 0 Å². The topological polar surface area (TPSA) is 62.5 Å². The minimum Gasteiger partial charge on any atom is -0.364 e. The molecule has 0 radical (unpaired) electrons. The molecule has 2 unspecified atom stereocenters. The quantitative estimate of drug-likeness (QED) is 0.758. The van der Waals surface area contributed by atoms with Crippen molar-refractivity contribution in [2.24, 2.45) is 0 Å². The number of aromatic nitrogens is 3. The molecule has 2 aliphatic heterocycles. The van der Waals surface area contributed by atoms with Crippen LogP contribution in [0.5, 0.6) is 0 Å². The van der Waals surface area contributed by atoms with Gasteiger partial charge in [0, 0.05) is 31.5 Å². The number of carbonyl (C=O) groups excluding carboxylic acids is 1. The third kappa shape index (κ3) is 3.16. The van der Waals surface area contributed by atoms with Crippen LogP contribution in [0.2, 0.25) is 0 Å². The number of rotatable bonds is 3. The number of thioether (sulfide) groups is 1. The Bertz CT molecular complexity index is 987. The normalized spacial score (nSPS) is 22.0. The Morgan fingerprint density at radius 3 is 3.11 bits per heavy atom. The molecule has 4 heterocycles. The zero-order chi connectivity index (χ0) is 18.2. The zero-order valence-electron chi connectivity index (χ0n) is 14.9. The molecule has 1 N–H and O–H groups in total. The van der Waals surface area contributed by atoms with Gasteiger partial charge in [-0.05, 0) is 41.9 Å². The molecular formula is C20H21N5OS. The van der Waals surface area contributed by atoms with E-state index in [2.05, 4.69) is 33.6 Å². The van der Waals surface area contributed by atoms with E-state index in [1.807, 2.05) is 29.3 Å². The van der Waals surface area contributed by atoms with E-state index in [1.165, 1.54) is 11.1 Å². The maximum atomic E-state index is 13.2. The fourth-order valence-electron chi connectivity index (χ4n) is 3.94. The summed E-state index contributed by atoms with van der Waals surface area (Å²) in [4.78, 5) is 19.4. The number of nitrogens with zero attached hydrogens (tertiary/aromatic N) is 4. The molecule has 3 aromatic rings. The van der Waals surface area contributed by atoms with Gasteiger partial charge in [0.25, 0.3) is 0 Å². The first-order chi connectivity index (χ1) is 13.3. The van der Waals surface area contributed by atoms with Gasteiger partial charge in [0.1, 0.15) is 11.1 Å². The molecule has 1 fully saturated rings. The number of nitrogens with one attached hydrogen (secondary N) is 1. The van der Waals surface area contributed by atoms with Crippen molar-refractivity contribution < 1.29 is 4.79 Å². The minimum absolute atomic E-state index is 0.0610. The van der Waals surface area contributed by atoms with Crippen molar-refractivity contribution in [3.05, 3.63) is 59.9 Å². The van der Waals surface area contributed by atoms with Gasteiger partial charge in [-0.3, -0.25) is 4.79 Å². The lowest BCUT2D eigenvalue weighted by Crippen LogP contribution is -2.35. The molecule has 2 aromatic heterocycles. The summed E-state index contributed by atoms with van der Waals surface area (Å²) in [5.41, 5.74) is 3.35. The van der Waals surface area contributed by atoms with Crippen LogP contribution in [0.25, 0.3) is 5.65 Å². The average molecular weight is 379 g/mol. The second kappa shape index (κ2) is 6.88. The van der Waals surface area contributed by atoms with Crippen LogP contribution in [-0.2, 0) is 11.2 Å². The van der Waals surface area contributed by atoms with Crippen molar-refractivity contribution in [2.75, 3.05) is 24.2 Å². The lowest BCUT2D eigenvalue weighted by molar-refractivity contribution is -0.129. The van der Waals surface area contributed by atoms with Crippen LogP contribution in [-0.4, -0.2) is 50.3 Å². The third-order valence-electron chi connectivity index (χ3n) is 5.32. The number of hydrogen-bond donors (Lipinski definition) is 1. The van der Waals surface area contributed by atoms with Gasteiger partial charge in [-0.2, -0.15) is 0 Å². The monoisotopic (exact) mass is 379 g/mol. The smallest absolute Gasteiger partial charge is 0.240 e. The van der Waals surface area contributed by atoms with Crippen LogP contribution >= 0.6 is 11.8 Å². The van der Waals surface area contributed by atoms with Gasteiger partial charge in [-0.25, -0.2) is 9.50 Å². The Morgan fingerprint density at radius 2 is 2.15 bits per heavy atom. The van der Waals surface area contributed by atoms with Gasteiger partial charge in [0.15, 0.2) is 5.65 Å². The van der Waals surface area contributed by atoms with Crippen molar-refractivity contribution in [1.82, 2.24) is 19.5 Å². The van der Waals surface area contributed by atoms with E-state index in [9.17, 15) is 4.79 Å². The molecule has 2 atom stereocenters. The largest absolute Gasteiger partial charge is 0.364 e. The molecule has 0 aliphatic carbocycles. The molecule has 1 aromatic carbocycles. The van der Waals surface area contributed by atoms with Gasteiger partial charge < -0.3 is 10.2 Å². The van der Waals surface area contributed by atoms with E-state index >= 15 is 0 Å². The second-order valence-electron chi connectivity index (χ2n) is 7.06. The molecule has 27 heavy (non-hydrogen) atoms. The highest BCUT2D eigenvalue weighted by Gasteiger charge is 2.34. The fourth-order valence-corrected chi connectivity index (χ4v) is 5.22. The second-order valence-corrected chi connectivity index (χ2v) is 8.28. The number of aryl methyl sites for hydroxylation is 1. The van der Waals surface area contributed by atoms with Crippen LogP contribution in [0.4, 0.5) is 5.82 Å². The Kier molecular flexibility index (Phi) is 4.24. The number of likely N-dealkylation sites (tertiary alicyclic amines) is 1. The average Bonchev–Trinajstić information content (AvgIpc) is 3.36. The number of fused-ring (bicyclic) bond motifs is 2. The van der Waals surface area contributed by atoms with Crippen LogP contribution < -0.4 is 5.32 Å². The van der Waals surface area contributed by atoms with Gasteiger partial charge in [-0.1, -0.05) is 24.3 Å². The lowest BCUT2D eigenvalue weighted by atomic mass is 10.0. The Balaban J connectivity index is 1.27. The van der Waals surface area contributed by atoms with Crippen LogP contribution in [0.15, 0.2) is 48.8 Å². The van der Waals surface area contributed by atoms with E-state index in [0.29, 0.717) is 0 Å². The van der Waals surface area contributed by atoms with Gasteiger partial charge in [-0.15, -0.1) is 16.9 Å². The predicted molar refractivity (Wildman–Crippen MR) is 107 cm³/mol.